The molecule has 88 valence electrons. The van der Waals surface area contributed by atoms with E-state index in [4.69, 9.17) is 5.73 Å². The van der Waals surface area contributed by atoms with E-state index >= 15 is 0 Å². The second-order valence-corrected chi connectivity index (χ2v) is 3.75. The van der Waals surface area contributed by atoms with Crippen molar-refractivity contribution in [2.45, 2.75) is 32.2 Å². The molecule has 5 heteroatoms. The Kier molecular flexibility index (Phi) is 4.25. The van der Waals surface area contributed by atoms with Gasteiger partial charge in [0.2, 0.25) is 0 Å². The molecule has 0 saturated carbocycles. The summed E-state index contributed by atoms with van der Waals surface area (Å²) in [4.78, 5) is 10.0. The molecular formula is C11H16N2O3. The van der Waals surface area contributed by atoms with Crippen molar-refractivity contribution in [1.82, 2.24) is 0 Å². The molecule has 0 aromatic heterocycles. The number of hydrogen-bond donors (Lipinski definition) is 2. The van der Waals surface area contributed by atoms with Crippen LogP contribution in [0.3, 0.4) is 0 Å². The summed E-state index contributed by atoms with van der Waals surface area (Å²) in [6.07, 6.45) is 2.81. The molecule has 1 atom stereocenters. The van der Waals surface area contributed by atoms with Gasteiger partial charge in [0.1, 0.15) is 0 Å². The number of unbranched alkanes of at least 4 members (excludes halogenated alkanes) is 1. The van der Waals surface area contributed by atoms with Crippen molar-refractivity contribution in [3.05, 3.63) is 33.9 Å². The van der Waals surface area contributed by atoms with E-state index in [1.165, 1.54) is 12.1 Å². The van der Waals surface area contributed by atoms with Gasteiger partial charge in [0.15, 0.2) is 5.75 Å². The first-order valence-electron chi connectivity index (χ1n) is 5.29. The van der Waals surface area contributed by atoms with Crippen LogP contribution in [-0.4, -0.2) is 10.0 Å². The number of hydrogen-bond acceptors (Lipinski definition) is 4. The molecule has 0 heterocycles. The second kappa shape index (κ2) is 5.46. The zero-order valence-electron chi connectivity index (χ0n) is 9.22. The molecule has 0 aliphatic heterocycles. The fourth-order valence-electron chi connectivity index (χ4n) is 1.51. The van der Waals surface area contributed by atoms with E-state index in [0.29, 0.717) is 5.56 Å². The number of nitro groups is 1. The van der Waals surface area contributed by atoms with E-state index in [1.807, 2.05) is 0 Å². The van der Waals surface area contributed by atoms with Crippen LogP contribution >= 0.6 is 0 Å². The fourth-order valence-corrected chi connectivity index (χ4v) is 1.51. The first-order chi connectivity index (χ1) is 7.56. The topological polar surface area (TPSA) is 89.4 Å². The van der Waals surface area contributed by atoms with E-state index in [-0.39, 0.29) is 17.5 Å². The quantitative estimate of drug-likeness (QED) is 0.594. The lowest BCUT2D eigenvalue weighted by molar-refractivity contribution is -0.385. The van der Waals surface area contributed by atoms with Crippen molar-refractivity contribution < 1.29 is 10.0 Å². The molecule has 0 amide bonds. The highest BCUT2D eigenvalue weighted by atomic mass is 16.6. The molecule has 1 aromatic carbocycles. The van der Waals surface area contributed by atoms with Gasteiger partial charge in [0.05, 0.1) is 4.92 Å². The SMILES string of the molecule is CCCC[C@H](N)c1ccc(O)c([N+](=O)[O-])c1. The maximum absolute atomic E-state index is 10.6. The van der Waals surface area contributed by atoms with Crippen LogP contribution in [0.4, 0.5) is 5.69 Å². The van der Waals surface area contributed by atoms with Gasteiger partial charge in [0, 0.05) is 12.1 Å². The van der Waals surface area contributed by atoms with Gasteiger partial charge in [-0.25, -0.2) is 0 Å². The smallest absolute Gasteiger partial charge is 0.311 e. The molecular weight excluding hydrogens is 208 g/mol. The molecule has 5 nitrogen and oxygen atoms in total. The zero-order chi connectivity index (χ0) is 12.1. The summed E-state index contributed by atoms with van der Waals surface area (Å²) >= 11 is 0. The van der Waals surface area contributed by atoms with Crippen LogP contribution in [0.2, 0.25) is 0 Å². The van der Waals surface area contributed by atoms with Gasteiger partial charge in [0.25, 0.3) is 0 Å². The minimum absolute atomic E-state index is 0.209. The Morgan fingerprint density at radius 1 is 1.56 bits per heavy atom. The summed E-state index contributed by atoms with van der Waals surface area (Å²) in [6, 6.07) is 4.08. The average molecular weight is 224 g/mol. The van der Waals surface area contributed by atoms with Crippen molar-refractivity contribution in [1.29, 1.82) is 0 Å². The number of phenols is 1. The molecule has 0 radical (unpaired) electrons. The fraction of sp³-hybridized carbons (Fsp3) is 0.455. The van der Waals surface area contributed by atoms with Gasteiger partial charge in [-0.15, -0.1) is 0 Å². The standard InChI is InChI=1S/C11H16N2O3/c1-2-3-4-9(12)8-5-6-11(14)10(7-8)13(15)16/h5-7,9,14H,2-4,12H2,1H3/t9-/m0/s1. The third kappa shape index (κ3) is 2.93. The number of benzene rings is 1. The van der Waals surface area contributed by atoms with Crippen LogP contribution in [0.5, 0.6) is 5.75 Å². The summed E-state index contributed by atoms with van der Waals surface area (Å²) in [5, 5.41) is 19.9. The lowest BCUT2D eigenvalue weighted by Gasteiger charge is -2.11. The molecule has 0 unspecified atom stereocenters. The average Bonchev–Trinajstić information content (AvgIpc) is 2.26. The van der Waals surface area contributed by atoms with Crippen LogP contribution in [0.25, 0.3) is 0 Å². The van der Waals surface area contributed by atoms with E-state index < -0.39 is 4.92 Å². The number of rotatable bonds is 5. The zero-order valence-corrected chi connectivity index (χ0v) is 9.22. The van der Waals surface area contributed by atoms with Crippen molar-refractivity contribution in [2.24, 2.45) is 5.73 Å². The minimum Gasteiger partial charge on any atom is -0.502 e. The van der Waals surface area contributed by atoms with E-state index in [2.05, 4.69) is 6.92 Å². The van der Waals surface area contributed by atoms with E-state index in [9.17, 15) is 15.2 Å². The van der Waals surface area contributed by atoms with Crippen molar-refractivity contribution in [2.75, 3.05) is 0 Å². The minimum atomic E-state index is -0.606. The molecule has 3 N–H and O–H groups in total. The maximum Gasteiger partial charge on any atom is 0.311 e. The van der Waals surface area contributed by atoms with Crippen LogP contribution < -0.4 is 5.73 Å². The first kappa shape index (κ1) is 12.4. The summed E-state index contributed by atoms with van der Waals surface area (Å²) in [6.45, 7) is 2.06. The Hall–Kier alpha value is -1.62. The van der Waals surface area contributed by atoms with Gasteiger partial charge >= 0.3 is 5.69 Å². The highest BCUT2D eigenvalue weighted by molar-refractivity contribution is 5.48. The third-order valence-electron chi connectivity index (χ3n) is 2.49. The highest BCUT2D eigenvalue weighted by Crippen LogP contribution is 2.29. The third-order valence-corrected chi connectivity index (χ3v) is 2.49. The maximum atomic E-state index is 10.6. The number of aromatic hydroxyl groups is 1. The highest BCUT2D eigenvalue weighted by Gasteiger charge is 2.16. The number of nitro benzene ring substituents is 1. The van der Waals surface area contributed by atoms with Crippen LogP contribution in [0.15, 0.2) is 18.2 Å². The summed E-state index contributed by atoms with van der Waals surface area (Å²) in [5.41, 5.74) is 6.30. The summed E-state index contributed by atoms with van der Waals surface area (Å²) < 4.78 is 0. The molecule has 1 aromatic rings. The molecule has 16 heavy (non-hydrogen) atoms. The van der Waals surface area contributed by atoms with E-state index in [1.54, 1.807) is 6.07 Å². The van der Waals surface area contributed by atoms with Gasteiger partial charge in [-0.05, 0) is 18.1 Å². The number of nitrogens with two attached hydrogens (primary N) is 1. The van der Waals surface area contributed by atoms with Crippen LogP contribution in [0.1, 0.15) is 37.8 Å². The Bertz CT molecular complexity index is 379. The molecule has 0 saturated heterocycles. The summed E-state index contributed by atoms with van der Waals surface area (Å²) in [7, 11) is 0. The van der Waals surface area contributed by atoms with Crippen molar-refractivity contribution in [3.63, 3.8) is 0 Å². The van der Waals surface area contributed by atoms with Crippen molar-refractivity contribution in [3.8, 4) is 5.75 Å². The predicted octanol–water partition coefficient (Wildman–Crippen LogP) is 2.49. The second-order valence-electron chi connectivity index (χ2n) is 3.75. The van der Waals surface area contributed by atoms with E-state index in [0.717, 1.165) is 19.3 Å². The van der Waals surface area contributed by atoms with Crippen molar-refractivity contribution >= 4 is 5.69 Å². The largest absolute Gasteiger partial charge is 0.502 e. The molecule has 0 aliphatic carbocycles. The molecule has 0 bridgehead atoms. The van der Waals surface area contributed by atoms with Gasteiger partial charge in [-0.1, -0.05) is 25.8 Å². The molecule has 1 rings (SSSR count). The predicted molar refractivity (Wildman–Crippen MR) is 61.2 cm³/mol. The normalized spacial score (nSPS) is 12.4. The van der Waals surface area contributed by atoms with Crippen LogP contribution in [0, 0.1) is 10.1 Å². The Morgan fingerprint density at radius 2 is 2.25 bits per heavy atom. The Labute approximate surface area is 94.0 Å². The molecule has 0 fully saturated rings. The van der Waals surface area contributed by atoms with Gasteiger partial charge < -0.3 is 10.8 Å². The molecule has 0 aliphatic rings. The van der Waals surface area contributed by atoms with Gasteiger partial charge in [-0.3, -0.25) is 10.1 Å². The monoisotopic (exact) mass is 224 g/mol. The Balaban J connectivity index is 2.89. The first-order valence-corrected chi connectivity index (χ1v) is 5.29. The lowest BCUT2D eigenvalue weighted by Crippen LogP contribution is -2.10. The number of phenolic OH excluding ortho intramolecular Hbond substituents is 1. The molecule has 0 spiro atoms. The lowest BCUT2D eigenvalue weighted by atomic mass is 10.0. The van der Waals surface area contributed by atoms with Gasteiger partial charge in [-0.2, -0.15) is 0 Å². The summed E-state index contributed by atoms with van der Waals surface area (Å²) in [5.74, 6) is -0.323. The van der Waals surface area contributed by atoms with Crippen LogP contribution in [-0.2, 0) is 0 Å². The number of nitrogens with zero attached hydrogens (tertiary/aromatic N) is 1. The Morgan fingerprint density at radius 3 is 2.81 bits per heavy atom.